The van der Waals surface area contributed by atoms with E-state index in [1.165, 1.54) is 19.3 Å². The minimum atomic E-state index is 0.710. The van der Waals surface area contributed by atoms with E-state index in [2.05, 4.69) is 34.6 Å². The lowest BCUT2D eigenvalue weighted by Gasteiger charge is -2.19. The second-order valence-electron chi connectivity index (χ2n) is 6.47. The molecular weight excluding hydrogens is 168 g/mol. The van der Waals surface area contributed by atoms with Crippen molar-refractivity contribution in [1.29, 1.82) is 0 Å². The molecule has 0 spiro atoms. The van der Waals surface area contributed by atoms with Gasteiger partial charge in [0.2, 0.25) is 0 Å². The Morgan fingerprint density at radius 1 is 1.21 bits per heavy atom. The maximum atomic E-state index is 2.49. The Balaban J connectivity index is 1.72. The van der Waals surface area contributed by atoms with E-state index in [4.69, 9.17) is 0 Å². The molecule has 14 heavy (non-hydrogen) atoms. The molecule has 0 saturated heterocycles. The molecule has 5 unspecified atom stereocenters. The molecule has 2 rings (SSSR count). The molecule has 0 heteroatoms. The number of rotatable bonds is 4. The van der Waals surface area contributed by atoms with Crippen molar-refractivity contribution in [1.82, 2.24) is 0 Å². The summed E-state index contributed by atoms with van der Waals surface area (Å²) in [7, 11) is 0. The van der Waals surface area contributed by atoms with Crippen molar-refractivity contribution in [2.24, 2.45) is 35.0 Å². The molecule has 82 valence electrons. The van der Waals surface area contributed by atoms with Gasteiger partial charge in [0.15, 0.2) is 0 Å². The van der Waals surface area contributed by atoms with Crippen LogP contribution in [0.15, 0.2) is 0 Å². The van der Waals surface area contributed by atoms with Crippen LogP contribution in [0.5, 0.6) is 0 Å². The molecule has 2 fully saturated rings. The Kier molecular flexibility index (Phi) is 2.44. The highest BCUT2D eigenvalue weighted by Crippen LogP contribution is 2.59. The van der Waals surface area contributed by atoms with Crippen molar-refractivity contribution in [3.05, 3.63) is 0 Å². The lowest BCUT2D eigenvalue weighted by molar-refractivity contribution is 0.303. The number of hydrogen-bond acceptors (Lipinski definition) is 0. The number of hydrogen-bond donors (Lipinski definition) is 0. The lowest BCUT2D eigenvalue weighted by Crippen LogP contribution is -2.11. The highest BCUT2D eigenvalue weighted by molar-refractivity contribution is 5.00. The summed E-state index contributed by atoms with van der Waals surface area (Å²) in [6.07, 6.45) is 4.44. The summed E-state index contributed by atoms with van der Waals surface area (Å²) in [4.78, 5) is 0. The maximum Gasteiger partial charge on any atom is -0.0272 e. The monoisotopic (exact) mass is 194 g/mol. The van der Waals surface area contributed by atoms with E-state index < -0.39 is 0 Å². The van der Waals surface area contributed by atoms with Crippen LogP contribution in [-0.4, -0.2) is 0 Å². The minimum Gasteiger partial charge on any atom is -0.0620 e. The second kappa shape index (κ2) is 3.25. The Morgan fingerprint density at radius 3 is 2.07 bits per heavy atom. The highest BCUT2D eigenvalue weighted by Gasteiger charge is 2.51. The van der Waals surface area contributed by atoms with Gasteiger partial charge in [-0.15, -0.1) is 0 Å². The van der Waals surface area contributed by atoms with Crippen LogP contribution in [0, 0.1) is 35.0 Å². The Hall–Kier alpha value is 0. The molecule has 5 atom stereocenters. The molecule has 0 aromatic heterocycles. The average Bonchev–Trinajstić information content (AvgIpc) is 2.92. The van der Waals surface area contributed by atoms with Gasteiger partial charge in [-0.3, -0.25) is 0 Å². The van der Waals surface area contributed by atoms with Gasteiger partial charge in [-0.05, 0) is 54.3 Å². The third-order valence-electron chi connectivity index (χ3n) is 5.81. The van der Waals surface area contributed by atoms with E-state index >= 15 is 0 Å². The smallest absolute Gasteiger partial charge is 0.0272 e. The first-order valence-electron chi connectivity index (χ1n) is 6.47. The van der Waals surface area contributed by atoms with Crippen molar-refractivity contribution in [3.8, 4) is 0 Å². The summed E-state index contributed by atoms with van der Waals surface area (Å²) in [5, 5.41) is 0. The summed E-state index contributed by atoms with van der Waals surface area (Å²) in [5.41, 5.74) is 0.710. The minimum absolute atomic E-state index is 0.710. The van der Waals surface area contributed by atoms with Crippen LogP contribution in [0.4, 0.5) is 0 Å². The average molecular weight is 194 g/mol. The van der Waals surface area contributed by atoms with E-state index in [1.54, 1.807) is 0 Å². The Bertz CT molecular complexity index is 212. The predicted molar refractivity (Wildman–Crippen MR) is 62.1 cm³/mol. The normalized spacial score (nSPS) is 52.9. The molecule has 0 aliphatic heterocycles. The van der Waals surface area contributed by atoms with E-state index in [9.17, 15) is 0 Å². The van der Waals surface area contributed by atoms with Crippen LogP contribution in [0.25, 0.3) is 0 Å². The fourth-order valence-electron chi connectivity index (χ4n) is 3.35. The van der Waals surface area contributed by atoms with Crippen LogP contribution < -0.4 is 0 Å². The quantitative estimate of drug-likeness (QED) is 0.624. The lowest BCUT2D eigenvalue weighted by atomic mass is 9.86. The van der Waals surface area contributed by atoms with E-state index in [-0.39, 0.29) is 0 Å². The molecular formula is C14H26. The second-order valence-corrected chi connectivity index (χ2v) is 6.47. The molecule has 0 radical (unpaired) electrons. The molecule has 0 N–H and O–H groups in total. The van der Waals surface area contributed by atoms with Crippen LogP contribution in [0.2, 0.25) is 0 Å². The van der Waals surface area contributed by atoms with Gasteiger partial charge in [0.1, 0.15) is 0 Å². The van der Waals surface area contributed by atoms with Crippen molar-refractivity contribution in [3.63, 3.8) is 0 Å². The zero-order valence-electron chi connectivity index (χ0n) is 10.5. The van der Waals surface area contributed by atoms with Crippen LogP contribution >= 0.6 is 0 Å². The van der Waals surface area contributed by atoms with Crippen molar-refractivity contribution >= 4 is 0 Å². The summed E-state index contributed by atoms with van der Waals surface area (Å²) < 4.78 is 0. The fraction of sp³-hybridized carbons (Fsp3) is 1.00. The van der Waals surface area contributed by atoms with Crippen LogP contribution in [-0.2, 0) is 0 Å². The SMILES string of the molecule is CC1C(C)C1CCC(C)C1(C)CC1C. The van der Waals surface area contributed by atoms with Crippen molar-refractivity contribution in [2.75, 3.05) is 0 Å². The highest BCUT2D eigenvalue weighted by atomic mass is 14.6. The van der Waals surface area contributed by atoms with E-state index in [0.717, 1.165) is 29.6 Å². The molecule has 0 bridgehead atoms. The third kappa shape index (κ3) is 1.61. The molecule has 0 nitrogen and oxygen atoms in total. The molecule has 2 saturated carbocycles. The topological polar surface area (TPSA) is 0 Å². The first-order chi connectivity index (χ1) is 6.47. The summed E-state index contributed by atoms with van der Waals surface area (Å²) in [6.45, 7) is 12.2. The van der Waals surface area contributed by atoms with Crippen molar-refractivity contribution < 1.29 is 0 Å². The van der Waals surface area contributed by atoms with Crippen LogP contribution in [0.1, 0.15) is 53.9 Å². The van der Waals surface area contributed by atoms with Gasteiger partial charge in [-0.25, -0.2) is 0 Å². The summed E-state index contributed by atoms with van der Waals surface area (Å²) in [5.74, 6) is 5.05. The van der Waals surface area contributed by atoms with E-state index in [1.807, 2.05) is 0 Å². The maximum absolute atomic E-state index is 2.49. The summed E-state index contributed by atoms with van der Waals surface area (Å²) >= 11 is 0. The summed E-state index contributed by atoms with van der Waals surface area (Å²) in [6, 6.07) is 0. The third-order valence-corrected chi connectivity index (χ3v) is 5.81. The standard InChI is InChI=1S/C14H26/c1-9(14(5)8-10(14)2)6-7-13-11(3)12(13)4/h9-13H,6-8H2,1-5H3. The van der Waals surface area contributed by atoms with Gasteiger partial charge in [-0.1, -0.05) is 34.6 Å². The van der Waals surface area contributed by atoms with Gasteiger partial charge in [-0.2, -0.15) is 0 Å². The van der Waals surface area contributed by atoms with Gasteiger partial charge < -0.3 is 0 Å². The molecule has 0 amide bonds. The molecule has 2 aliphatic carbocycles. The van der Waals surface area contributed by atoms with Gasteiger partial charge in [0.05, 0.1) is 0 Å². The Morgan fingerprint density at radius 2 is 1.71 bits per heavy atom. The first kappa shape index (κ1) is 10.5. The first-order valence-corrected chi connectivity index (χ1v) is 6.47. The zero-order chi connectivity index (χ0) is 10.5. The Labute approximate surface area is 89.5 Å². The van der Waals surface area contributed by atoms with Crippen molar-refractivity contribution in [2.45, 2.75) is 53.9 Å². The van der Waals surface area contributed by atoms with E-state index in [0.29, 0.717) is 5.41 Å². The molecule has 0 aromatic carbocycles. The molecule has 0 aromatic rings. The van der Waals surface area contributed by atoms with Crippen LogP contribution in [0.3, 0.4) is 0 Å². The van der Waals surface area contributed by atoms with Gasteiger partial charge >= 0.3 is 0 Å². The fourth-order valence-corrected chi connectivity index (χ4v) is 3.35. The van der Waals surface area contributed by atoms with Gasteiger partial charge in [0, 0.05) is 0 Å². The van der Waals surface area contributed by atoms with Gasteiger partial charge in [0.25, 0.3) is 0 Å². The molecule has 0 heterocycles. The molecule has 2 aliphatic rings. The zero-order valence-corrected chi connectivity index (χ0v) is 10.5. The predicted octanol–water partition coefficient (Wildman–Crippen LogP) is 4.35. The largest absolute Gasteiger partial charge is 0.0620 e.